The van der Waals surface area contributed by atoms with Crippen LogP contribution in [0.1, 0.15) is 30.9 Å². The molecule has 1 heterocycles. The molecule has 7 heteroatoms. The standard InChI is InChI=1S/C22H34N4.C2H3N.Co.Fe/c1-2-8-21(7-1)19-25-15-5-11-24-14-18-26(16-6-12-23-13-17-25)20-22-9-3-4-10-22;1-2-3;;/h1-4,7-10,23-24H,5-6,11-20H2;1H3;;/q-2;;+2;. The van der Waals surface area contributed by atoms with Gasteiger partial charge < -0.3 is 20.4 Å². The van der Waals surface area contributed by atoms with E-state index in [1.54, 1.807) is 6.07 Å². The van der Waals surface area contributed by atoms with Crippen molar-refractivity contribution in [2.45, 2.75) is 32.9 Å². The molecule has 175 valence electrons. The summed E-state index contributed by atoms with van der Waals surface area (Å²) in [5.74, 6) is 0. The SMILES string of the molecule is CC#N.[Co+2].[Fe].c1cc[c-](CN2CCCNCCN(C[c-]3cccc3)CCCNCC2)c1. The van der Waals surface area contributed by atoms with Crippen LogP contribution in [0.5, 0.6) is 0 Å². The van der Waals surface area contributed by atoms with Crippen LogP contribution in [0.3, 0.4) is 0 Å². The normalized spacial score (nSPS) is 17.0. The van der Waals surface area contributed by atoms with Crippen LogP contribution in [0.15, 0.2) is 48.5 Å². The summed E-state index contributed by atoms with van der Waals surface area (Å²) in [6.45, 7) is 12.5. The molecule has 1 aliphatic heterocycles. The predicted octanol–water partition coefficient (Wildman–Crippen LogP) is 2.93. The third-order valence-electron chi connectivity index (χ3n) is 5.14. The molecule has 1 radical (unpaired) electrons. The molecular weight excluding hydrogens is 473 g/mol. The van der Waals surface area contributed by atoms with Crippen molar-refractivity contribution >= 4 is 0 Å². The van der Waals surface area contributed by atoms with E-state index in [1.165, 1.54) is 30.9 Å². The van der Waals surface area contributed by atoms with E-state index in [-0.39, 0.29) is 33.8 Å². The Kier molecular flexibility index (Phi) is 19.1. The van der Waals surface area contributed by atoms with E-state index < -0.39 is 0 Å². The van der Waals surface area contributed by atoms with Crippen LogP contribution in [0.2, 0.25) is 0 Å². The third kappa shape index (κ3) is 13.9. The topological polar surface area (TPSA) is 54.3 Å². The Morgan fingerprint density at radius 2 is 1.10 bits per heavy atom. The van der Waals surface area contributed by atoms with Crippen molar-refractivity contribution in [3.05, 3.63) is 59.7 Å². The van der Waals surface area contributed by atoms with Crippen LogP contribution < -0.4 is 10.6 Å². The average molecular weight is 510 g/mol. The Bertz CT molecular complexity index is 586. The molecule has 1 fully saturated rings. The molecule has 0 saturated carbocycles. The van der Waals surface area contributed by atoms with E-state index >= 15 is 0 Å². The van der Waals surface area contributed by atoms with Gasteiger partial charge in [0.2, 0.25) is 0 Å². The summed E-state index contributed by atoms with van der Waals surface area (Å²) in [7, 11) is 0. The predicted molar refractivity (Wildman–Crippen MR) is 121 cm³/mol. The molecule has 0 aliphatic carbocycles. The van der Waals surface area contributed by atoms with E-state index in [0.717, 1.165) is 65.4 Å². The Hall–Kier alpha value is -0.944. The van der Waals surface area contributed by atoms with Crippen molar-refractivity contribution in [2.75, 3.05) is 52.4 Å². The van der Waals surface area contributed by atoms with Gasteiger partial charge in [-0.1, -0.05) is 0 Å². The first-order chi connectivity index (χ1) is 14.3. The summed E-state index contributed by atoms with van der Waals surface area (Å²) < 4.78 is 0. The zero-order chi connectivity index (χ0) is 20.6. The summed E-state index contributed by atoms with van der Waals surface area (Å²) in [6.07, 6.45) is 2.42. The zero-order valence-corrected chi connectivity index (χ0v) is 20.8. The first-order valence-electron chi connectivity index (χ1n) is 10.9. The van der Waals surface area contributed by atoms with E-state index in [2.05, 4.69) is 69.0 Å². The fourth-order valence-corrected chi connectivity index (χ4v) is 3.67. The van der Waals surface area contributed by atoms with Crippen LogP contribution in [0.25, 0.3) is 0 Å². The molecule has 0 bridgehead atoms. The van der Waals surface area contributed by atoms with Gasteiger partial charge in [-0.25, -0.2) is 24.3 Å². The van der Waals surface area contributed by atoms with Crippen LogP contribution in [-0.2, 0) is 46.9 Å². The van der Waals surface area contributed by atoms with Crippen LogP contribution in [0, 0.1) is 11.3 Å². The van der Waals surface area contributed by atoms with Gasteiger partial charge in [0.05, 0.1) is 6.07 Å². The second-order valence-electron chi connectivity index (χ2n) is 7.57. The minimum atomic E-state index is 0. The van der Waals surface area contributed by atoms with Crippen LogP contribution in [0.4, 0.5) is 0 Å². The molecule has 2 N–H and O–H groups in total. The van der Waals surface area contributed by atoms with Gasteiger partial charge in [-0.3, -0.25) is 0 Å². The Morgan fingerprint density at radius 1 is 0.742 bits per heavy atom. The zero-order valence-electron chi connectivity index (χ0n) is 18.6. The minimum Gasteiger partial charge on any atom is -0.315 e. The molecule has 0 amide bonds. The number of hydrogen-bond donors (Lipinski definition) is 2. The fraction of sp³-hybridized carbons (Fsp3) is 0.542. The molecule has 5 nitrogen and oxygen atoms in total. The third-order valence-corrected chi connectivity index (χ3v) is 5.14. The first-order valence-corrected chi connectivity index (χ1v) is 10.9. The summed E-state index contributed by atoms with van der Waals surface area (Å²) in [5, 5.41) is 14.6. The molecule has 0 unspecified atom stereocenters. The van der Waals surface area contributed by atoms with Crippen LogP contribution in [-0.4, -0.2) is 62.2 Å². The van der Waals surface area contributed by atoms with Crippen molar-refractivity contribution in [2.24, 2.45) is 0 Å². The fourth-order valence-electron chi connectivity index (χ4n) is 3.67. The molecule has 0 spiro atoms. The number of rotatable bonds is 4. The van der Waals surface area contributed by atoms with Crippen molar-refractivity contribution < 1.29 is 33.8 Å². The molecule has 3 rings (SSSR count). The van der Waals surface area contributed by atoms with Crippen molar-refractivity contribution in [1.29, 1.82) is 5.26 Å². The summed E-state index contributed by atoms with van der Waals surface area (Å²) >= 11 is 0. The quantitative estimate of drug-likeness (QED) is 0.490. The monoisotopic (exact) mass is 510 g/mol. The van der Waals surface area contributed by atoms with Gasteiger partial charge in [0.1, 0.15) is 0 Å². The second kappa shape index (κ2) is 19.7. The largest absolute Gasteiger partial charge is 2.00 e. The molecule has 1 saturated heterocycles. The molecule has 2 aromatic rings. The number of nitrogens with zero attached hydrogens (tertiary/aromatic N) is 3. The second-order valence-corrected chi connectivity index (χ2v) is 7.57. The van der Waals surface area contributed by atoms with Gasteiger partial charge >= 0.3 is 16.8 Å². The minimum absolute atomic E-state index is 0. The molecular formula is C24H37CoFeN5. The van der Waals surface area contributed by atoms with Crippen molar-refractivity contribution in [3.63, 3.8) is 0 Å². The number of hydrogen-bond acceptors (Lipinski definition) is 5. The first kappa shape index (κ1) is 30.1. The van der Waals surface area contributed by atoms with Gasteiger partial charge in [0.25, 0.3) is 0 Å². The van der Waals surface area contributed by atoms with Crippen LogP contribution >= 0.6 is 0 Å². The Morgan fingerprint density at radius 3 is 1.45 bits per heavy atom. The molecule has 1 aliphatic rings. The molecule has 31 heavy (non-hydrogen) atoms. The van der Waals surface area contributed by atoms with Gasteiger partial charge in [-0.15, -0.1) is 11.1 Å². The van der Waals surface area contributed by atoms with Gasteiger partial charge in [0.15, 0.2) is 0 Å². The summed E-state index contributed by atoms with van der Waals surface area (Å²) in [5.41, 5.74) is 2.87. The maximum Gasteiger partial charge on any atom is 2.00 e. The number of nitrogens with one attached hydrogen (secondary N) is 2. The Balaban J connectivity index is 0.00000170. The molecule has 2 aromatic carbocycles. The van der Waals surface area contributed by atoms with Gasteiger partial charge in [-0.05, 0) is 52.1 Å². The van der Waals surface area contributed by atoms with Crippen molar-refractivity contribution in [1.82, 2.24) is 20.4 Å². The summed E-state index contributed by atoms with van der Waals surface area (Å²) in [6, 6.07) is 19.2. The van der Waals surface area contributed by atoms with Gasteiger partial charge in [0, 0.05) is 50.2 Å². The van der Waals surface area contributed by atoms with E-state index in [4.69, 9.17) is 5.26 Å². The van der Waals surface area contributed by atoms with Crippen molar-refractivity contribution in [3.8, 4) is 6.07 Å². The maximum absolute atomic E-state index is 7.32. The molecule has 0 aromatic heterocycles. The molecule has 0 atom stereocenters. The Labute approximate surface area is 210 Å². The van der Waals surface area contributed by atoms with Gasteiger partial charge in [-0.2, -0.15) is 29.5 Å². The van der Waals surface area contributed by atoms with E-state index in [0.29, 0.717) is 0 Å². The summed E-state index contributed by atoms with van der Waals surface area (Å²) in [4.78, 5) is 5.16. The van der Waals surface area contributed by atoms with E-state index in [1.807, 2.05) is 0 Å². The average Bonchev–Trinajstić information content (AvgIpc) is 3.41. The van der Waals surface area contributed by atoms with E-state index in [9.17, 15) is 0 Å². The maximum atomic E-state index is 7.32. The number of nitriles is 1. The smallest absolute Gasteiger partial charge is 0.315 e.